The molecule has 11 heteroatoms. The molecule has 0 bridgehead atoms. The van der Waals surface area contributed by atoms with Crippen LogP contribution in [0.4, 0.5) is 32.3 Å². The molecule has 1 saturated heterocycles. The van der Waals surface area contributed by atoms with Gasteiger partial charge in [0, 0.05) is 61.1 Å². The summed E-state index contributed by atoms with van der Waals surface area (Å²) in [5.41, 5.74) is 3.54. The molecule has 3 aromatic rings. The normalized spacial score (nSPS) is 21.8. The van der Waals surface area contributed by atoms with Crippen molar-refractivity contribution in [1.29, 1.82) is 0 Å². The summed E-state index contributed by atoms with van der Waals surface area (Å²) < 4.78 is 86.5. The van der Waals surface area contributed by atoms with Gasteiger partial charge in [-0.25, -0.2) is 23.1 Å². The predicted octanol–water partition coefficient (Wildman–Crippen LogP) is 10.1. The summed E-state index contributed by atoms with van der Waals surface area (Å²) >= 11 is 0. The van der Waals surface area contributed by atoms with E-state index in [2.05, 4.69) is 20.9 Å². The third-order valence-electron chi connectivity index (χ3n) is 10.7. The lowest BCUT2D eigenvalue weighted by atomic mass is 9.68. The van der Waals surface area contributed by atoms with E-state index < -0.39 is 35.9 Å². The third kappa shape index (κ3) is 7.87. The number of aliphatic hydroxyl groups is 1. The van der Waals surface area contributed by atoms with Gasteiger partial charge in [0.1, 0.15) is 0 Å². The molecule has 2 aliphatic carbocycles. The standard InChI is InChI=1S/C39H46F6N4O/c1-23(2)5-6-24-21-46-36(47-22-24)49-17-13-27(14-18-49)35-33(34(40)26-7-9-28(10-8-26)39(43,44)45)31(25-11-15-38(41,42)16-12-25)32-29(48-35)19-37(3,4)20-30(32)50/h5,7-10,21-22,25,27,30,34,50H,6,11-20H2,1-4H3/t30-,34?/m0/s1. The van der Waals surface area contributed by atoms with Gasteiger partial charge < -0.3 is 10.0 Å². The first-order valence-electron chi connectivity index (χ1n) is 17.6. The smallest absolute Gasteiger partial charge is 0.388 e. The zero-order valence-electron chi connectivity index (χ0n) is 29.1. The highest BCUT2D eigenvalue weighted by atomic mass is 19.4. The fraction of sp³-hybridized carbons (Fsp3) is 0.564. The van der Waals surface area contributed by atoms with Gasteiger partial charge in [-0.05, 0) is 98.9 Å². The predicted molar refractivity (Wildman–Crippen MR) is 181 cm³/mol. The highest BCUT2D eigenvalue weighted by molar-refractivity contribution is 5.51. The van der Waals surface area contributed by atoms with E-state index in [1.54, 1.807) is 0 Å². The largest absolute Gasteiger partial charge is 0.416 e. The number of halogens is 6. The summed E-state index contributed by atoms with van der Waals surface area (Å²) in [6, 6.07) is 4.04. The van der Waals surface area contributed by atoms with E-state index in [1.807, 2.05) is 40.1 Å². The quantitative estimate of drug-likeness (QED) is 0.196. The number of allylic oxidation sites excluding steroid dienone is 2. The van der Waals surface area contributed by atoms with Crippen LogP contribution in [0.2, 0.25) is 0 Å². The average molecular weight is 701 g/mol. The summed E-state index contributed by atoms with van der Waals surface area (Å²) in [6.07, 6.45) is 0.736. The molecule has 2 atom stereocenters. The summed E-state index contributed by atoms with van der Waals surface area (Å²) in [4.78, 5) is 16.4. The Morgan fingerprint density at radius 2 is 1.58 bits per heavy atom. The summed E-state index contributed by atoms with van der Waals surface area (Å²) in [5.74, 6) is -2.87. The van der Waals surface area contributed by atoms with Crippen molar-refractivity contribution in [3.63, 3.8) is 0 Å². The van der Waals surface area contributed by atoms with Gasteiger partial charge in [-0.2, -0.15) is 13.2 Å². The van der Waals surface area contributed by atoms with Gasteiger partial charge in [0.2, 0.25) is 11.9 Å². The van der Waals surface area contributed by atoms with Crippen LogP contribution in [0.5, 0.6) is 0 Å². The van der Waals surface area contributed by atoms with Crippen molar-refractivity contribution in [3.05, 3.63) is 93.1 Å². The molecule has 1 aromatic carbocycles. The van der Waals surface area contributed by atoms with Gasteiger partial charge >= 0.3 is 6.18 Å². The number of benzene rings is 1. The maximum Gasteiger partial charge on any atom is 0.416 e. The SMILES string of the molecule is CC(C)=CCc1cnc(N2CCC(c3nc4c(c(C5CCC(F)(F)CC5)c3C(F)c3ccc(C(F)(F)F)cc3)[C@@H](O)CC(C)(C)C4)CC2)nc1. The number of fused-ring (bicyclic) bond motifs is 1. The van der Waals surface area contributed by atoms with E-state index >= 15 is 4.39 Å². The number of anilines is 1. The van der Waals surface area contributed by atoms with Gasteiger partial charge in [-0.15, -0.1) is 0 Å². The maximum atomic E-state index is 17.2. The molecule has 3 heterocycles. The second-order valence-electron chi connectivity index (χ2n) is 15.5. The van der Waals surface area contributed by atoms with Crippen LogP contribution in [-0.2, 0) is 19.0 Å². The minimum Gasteiger partial charge on any atom is -0.388 e. The van der Waals surface area contributed by atoms with Gasteiger partial charge in [0.15, 0.2) is 6.17 Å². The van der Waals surface area contributed by atoms with Crippen LogP contribution < -0.4 is 4.90 Å². The van der Waals surface area contributed by atoms with Gasteiger partial charge in [-0.1, -0.05) is 37.6 Å². The highest BCUT2D eigenvalue weighted by Crippen LogP contribution is 2.52. The first kappa shape index (κ1) is 36.3. The molecule has 50 heavy (non-hydrogen) atoms. The summed E-state index contributed by atoms with van der Waals surface area (Å²) in [5, 5.41) is 11.6. The van der Waals surface area contributed by atoms with Crippen molar-refractivity contribution in [3.8, 4) is 0 Å². The molecule has 0 spiro atoms. The van der Waals surface area contributed by atoms with Gasteiger partial charge in [0.25, 0.3) is 0 Å². The van der Waals surface area contributed by atoms with Crippen molar-refractivity contribution in [2.24, 2.45) is 5.41 Å². The molecule has 0 amide bonds. The zero-order valence-corrected chi connectivity index (χ0v) is 29.1. The summed E-state index contributed by atoms with van der Waals surface area (Å²) in [7, 11) is 0. The van der Waals surface area contributed by atoms with Crippen LogP contribution in [-0.4, -0.2) is 39.1 Å². The molecule has 0 radical (unpaired) electrons. The van der Waals surface area contributed by atoms with Crippen LogP contribution in [0.3, 0.4) is 0 Å². The van der Waals surface area contributed by atoms with E-state index in [4.69, 9.17) is 4.98 Å². The van der Waals surface area contributed by atoms with E-state index in [0.717, 1.165) is 36.2 Å². The number of hydrogen-bond acceptors (Lipinski definition) is 5. The van der Waals surface area contributed by atoms with Gasteiger partial charge in [-0.3, -0.25) is 4.98 Å². The van der Waals surface area contributed by atoms with Crippen molar-refractivity contribution in [2.45, 2.75) is 122 Å². The fourth-order valence-electron chi connectivity index (χ4n) is 8.01. The fourth-order valence-corrected chi connectivity index (χ4v) is 8.01. The Morgan fingerprint density at radius 3 is 2.16 bits per heavy atom. The number of pyridine rings is 1. The number of nitrogens with zero attached hydrogens (tertiary/aromatic N) is 4. The molecular weight excluding hydrogens is 654 g/mol. The maximum absolute atomic E-state index is 17.2. The number of aliphatic hydroxyl groups excluding tert-OH is 1. The Morgan fingerprint density at radius 1 is 0.960 bits per heavy atom. The lowest BCUT2D eigenvalue weighted by Crippen LogP contribution is -2.36. The lowest BCUT2D eigenvalue weighted by Gasteiger charge is -2.41. The van der Waals surface area contributed by atoms with E-state index in [0.29, 0.717) is 67.2 Å². The van der Waals surface area contributed by atoms with Crippen molar-refractivity contribution >= 4 is 5.95 Å². The molecule has 1 N–H and O–H groups in total. The average Bonchev–Trinajstić information content (AvgIpc) is 3.06. The number of aromatic nitrogens is 3. The first-order valence-corrected chi connectivity index (χ1v) is 17.6. The molecule has 2 fully saturated rings. The molecule has 5 nitrogen and oxygen atoms in total. The topological polar surface area (TPSA) is 62.1 Å². The molecule has 3 aliphatic rings. The van der Waals surface area contributed by atoms with Crippen LogP contribution in [0.15, 0.2) is 48.3 Å². The lowest BCUT2D eigenvalue weighted by molar-refractivity contribution is -0.137. The molecule has 6 rings (SSSR count). The molecule has 270 valence electrons. The Balaban J connectivity index is 1.41. The number of alkyl halides is 6. The zero-order chi connectivity index (χ0) is 36.0. The Hall–Kier alpha value is -3.47. The number of hydrogen-bond donors (Lipinski definition) is 1. The third-order valence-corrected chi connectivity index (χ3v) is 10.7. The molecule has 1 aliphatic heterocycles. The van der Waals surface area contributed by atoms with Crippen LogP contribution >= 0.6 is 0 Å². The number of rotatable bonds is 7. The van der Waals surface area contributed by atoms with Crippen molar-refractivity contribution in [1.82, 2.24) is 15.0 Å². The van der Waals surface area contributed by atoms with Crippen molar-refractivity contribution < 1.29 is 31.4 Å². The van der Waals surface area contributed by atoms with Crippen LogP contribution in [0.1, 0.15) is 142 Å². The minimum absolute atomic E-state index is 0.0352. The number of piperidine rings is 1. The van der Waals surface area contributed by atoms with Crippen LogP contribution in [0.25, 0.3) is 0 Å². The van der Waals surface area contributed by atoms with E-state index in [9.17, 15) is 27.1 Å². The molecule has 1 saturated carbocycles. The monoisotopic (exact) mass is 700 g/mol. The van der Waals surface area contributed by atoms with Crippen molar-refractivity contribution in [2.75, 3.05) is 18.0 Å². The first-order chi connectivity index (χ1) is 23.5. The Kier molecular flexibility index (Phi) is 10.1. The summed E-state index contributed by atoms with van der Waals surface area (Å²) in [6.45, 7) is 9.31. The molecule has 2 aromatic heterocycles. The van der Waals surface area contributed by atoms with E-state index in [-0.39, 0.29) is 48.1 Å². The van der Waals surface area contributed by atoms with Crippen LogP contribution in [0, 0.1) is 5.41 Å². The Labute approximate surface area is 290 Å². The van der Waals surface area contributed by atoms with Gasteiger partial charge in [0.05, 0.1) is 17.4 Å². The second kappa shape index (κ2) is 13.9. The molecule has 1 unspecified atom stereocenters. The second-order valence-corrected chi connectivity index (χ2v) is 15.5. The minimum atomic E-state index is -4.58. The molecular formula is C39H46F6N4O. The highest BCUT2D eigenvalue weighted by Gasteiger charge is 2.44. The van der Waals surface area contributed by atoms with E-state index in [1.165, 1.54) is 5.57 Å². The Bertz CT molecular complexity index is 1680.